The lowest BCUT2D eigenvalue weighted by atomic mass is 10.1. The zero-order valence-electron chi connectivity index (χ0n) is 14.0. The number of carbonyl (C=O) groups excluding carboxylic acids is 3. The van der Waals surface area contributed by atoms with Gasteiger partial charge in [-0.05, 0) is 23.8 Å². The number of carbonyl (C=O) groups is 3. The largest absolute Gasteiger partial charge is 0.465 e. The average molecular weight is 393 g/mol. The van der Waals surface area contributed by atoms with Gasteiger partial charge < -0.3 is 15.0 Å². The highest BCUT2D eigenvalue weighted by molar-refractivity contribution is 7.18. The lowest BCUT2D eigenvalue weighted by Crippen LogP contribution is -2.27. The second kappa shape index (κ2) is 7.88. The molecule has 8 heteroatoms. The number of halogens is 1. The first kappa shape index (κ1) is 18.4. The molecule has 1 unspecified atom stereocenters. The van der Waals surface area contributed by atoms with Crippen LogP contribution in [-0.4, -0.2) is 36.3 Å². The van der Waals surface area contributed by atoms with Crippen molar-refractivity contribution in [1.82, 2.24) is 4.90 Å². The van der Waals surface area contributed by atoms with Gasteiger partial charge >= 0.3 is 5.97 Å². The van der Waals surface area contributed by atoms with Gasteiger partial charge in [0.1, 0.15) is 4.88 Å². The van der Waals surface area contributed by atoms with E-state index in [4.69, 9.17) is 11.6 Å². The predicted octanol–water partition coefficient (Wildman–Crippen LogP) is 3.18. The molecule has 1 aromatic carbocycles. The topological polar surface area (TPSA) is 75.7 Å². The molecule has 2 heterocycles. The molecule has 1 aromatic heterocycles. The number of esters is 1. The maximum absolute atomic E-state index is 12.4. The van der Waals surface area contributed by atoms with Crippen molar-refractivity contribution in [3.05, 3.63) is 51.9 Å². The number of methoxy groups -OCH3 is 1. The molecular formula is C18H17ClN2O4S. The Morgan fingerprint density at radius 3 is 2.81 bits per heavy atom. The lowest BCUT2D eigenvalue weighted by molar-refractivity contribution is -0.128. The van der Waals surface area contributed by atoms with Crippen LogP contribution in [0.3, 0.4) is 0 Å². The number of amides is 2. The molecule has 2 aromatic rings. The highest BCUT2D eigenvalue weighted by Gasteiger charge is 2.34. The number of rotatable bonds is 5. The second-order valence-corrected chi connectivity index (χ2v) is 7.40. The number of nitrogens with one attached hydrogen (secondary N) is 1. The Morgan fingerprint density at radius 2 is 2.08 bits per heavy atom. The number of thiophene rings is 1. The summed E-state index contributed by atoms with van der Waals surface area (Å²) < 4.78 is 4.65. The molecule has 0 radical (unpaired) electrons. The third-order valence-corrected chi connectivity index (χ3v) is 5.49. The van der Waals surface area contributed by atoms with E-state index in [2.05, 4.69) is 10.1 Å². The highest BCUT2D eigenvalue weighted by atomic mass is 35.5. The van der Waals surface area contributed by atoms with Crippen molar-refractivity contribution in [2.24, 2.45) is 5.92 Å². The fraction of sp³-hybridized carbons (Fsp3) is 0.278. The van der Waals surface area contributed by atoms with Crippen LogP contribution < -0.4 is 5.32 Å². The SMILES string of the molecule is COC(=O)c1ccc(NC(=O)C2CC(=O)N(Cc3ccccc3Cl)C2)s1. The van der Waals surface area contributed by atoms with Crippen LogP contribution in [0.25, 0.3) is 0 Å². The van der Waals surface area contributed by atoms with Gasteiger partial charge in [0, 0.05) is 24.5 Å². The summed E-state index contributed by atoms with van der Waals surface area (Å²) in [6.45, 7) is 0.721. The van der Waals surface area contributed by atoms with Crippen molar-refractivity contribution in [3.8, 4) is 0 Å². The molecule has 1 N–H and O–H groups in total. The van der Waals surface area contributed by atoms with Gasteiger partial charge in [0.15, 0.2) is 0 Å². The summed E-state index contributed by atoms with van der Waals surface area (Å²) in [5, 5.41) is 3.91. The molecule has 1 saturated heterocycles. The van der Waals surface area contributed by atoms with Gasteiger partial charge in [0.05, 0.1) is 18.0 Å². The van der Waals surface area contributed by atoms with E-state index < -0.39 is 11.9 Å². The minimum atomic E-state index is -0.447. The minimum Gasteiger partial charge on any atom is -0.465 e. The van der Waals surface area contributed by atoms with Gasteiger partial charge in [-0.15, -0.1) is 11.3 Å². The molecule has 1 aliphatic rings. The third-order valence-electron chi connectivity index (χ3n) is 4.14. The van der Waals surface area contributed by atoms with Crippen molar-refractivity contribution in [1.29, 1.82) is 0 Å². The van der Waals surface area contributed by atoms with Crippen LogP contribution in [-0.2, 0) is 20.9 Å². The van der Waals surface area contributed by atoms with Crippen LogP contribution in [0.15, 0.2) is 36.4 Å². The molecule has 1 aliphatic heterocycles. The van der Waals surface area contributed by atoms with Crippen LogP contribution in [0.5, 0.6) is 0 Å². The number of benzene rings is 1. The molecule has 2 amide bonds. The molecule has 26 heavy (non-hydrogen) atoms. The van der Waals surface area contributed by atoms with Crippen LogP contribution in [0, 0.1) is 5.92 Å². The normalized spacial score (nSPS) is 16.6. The van der Waals surface area contributed by atoms with E-state index in [-0.39, 0.29) is 18.2 Å². The quantitative estimate of drug-likeness (QED) is 0.793. The smallest absolute Gasteiger partial charge is 0.348 e. The van der Waals surface area contributed by atoms with Crippen LogP contribution >= 0.6 is 22.9 Å². The first-order valence-electron chi connectivity index (χ1n) is 7.98. The molecular weight excluding hydrogens is 376 g/mol. The van der Waals surface area contributed by atoms with Gasteiger partial charge in [-0.2, -0.15) is 0 Å². The summed E-state index contributed by atoms with van der Waals surface area (Å²) in [7, 11) is 1.30. The molecule has 3 rings (SSSR count). The van der Waals surface area contributed by atoms with E-state index in [1.54, 1.807) is 23.1 Å². The Labute approximate surface area is 159 Å². The molecule has 0 saturated carbocycles. The Kier molecular flexibility index (Phi) is 5.58. The monoisotopic (exact) mass is 392 g/mol. The number of likely N-dealkylation sites (tertiary alicyclic amines) is 1. The molecule has 136 valence electrons. The zero-order chi connectivity index (χ0) is 18.7. The maximum Gasteiger partial charge on any atom is 0.348 e. The molecule has 0 bridgehead atoms. The van der Waals surface area contributed by atoms with Crippen LogP contribution in [0.1, 0.15) is 21.7 Å². The van der Waals surface area contributed by atoms with Crippen molar-refractivity contribution in [2.45, 2.75) is 13.0 Å². The number of nitrogens with zero attached hydrogens (tertiary/aromatic N) is 1. The summed E-state index contributed by atoms with van der Waals surface area (Å²) in [4.78, 5) is 38.2. The van der Waals surface area contributed by atoms with E-state index in [1.165, 1.54) is 7.11 Å². The zero-order valence-corrected chi connectivity index (χ0v) is 15.6. The van der Waals surface area contributed by atoms with Gasteiger partial charge in [-0.3, -0.25) is 9.59 Å². The summed E-state index contributed by atoms with van der Waals surface area (Å²) >= 11 is 7.28. The lowest BCUT2D eigenvalue weighted by Gasteiger charge is -2.17. The second-order valence-electron chi connectivity index (χ2n) is 5.91. The molecule has 1 atom stereocenters. The first-order chi connectivity index (χ1) is 12.5. The minimum absolute atomic E-state index is 0.0773. The standard InChI is InChI=1S/C18H17ClN2O4S/c1-25-18(24)14-6-7-15(26-14)20-17(23)12-8-16(22)21(10-12)9-11-4-2-3-5-13(11)19/h2-7,12H,8-10H2,1H3,(H,20,23). The number of anilines is 1. The third kappa shape index (κ3) is 4.05. The van der Waals surface area contributed by atoms with E-state index in [0.29, 0.717) is 28.0 Å². The molecule has 0 spiro atoms. The van der Waals surface area contributed by atoms with Crippen LogP contribution in [0.2, 0.25) is 5.02 Å². The Bertz CT molecular complexity index is 851. The fourth-order valence-electron chi connectivity index (χ4n) is 2.77. The first-order valence-corrected chi connectivity index (χ1v) is 9.17. The Hall–Kier alpha value is -2.38. The van der Waals surface area contributed by atoms with Crippen LogP contribution in [0.4, 0.5) is 5.00 Å². The number of hydrogen-bond donors (Lipinski definition) is 1. The van der Waals surface area contributed by atoms with Crippen molar-refractivity contribution < 1.29 is 19.1 Å². The van der Waals surface area contributed by atoms with Gasteiger partial charge in [0.2, 0.25) is 11.8 Å². The van der Waals surface area contributed by atoms with E-state index in [1.807, 2.05) is 18.2 Å². The van der Waals surface area contributed by atoms with E-state index in [9.17, 15) is 14.4 Å². The average Bonchev–Trinajstić information content (AvgIpc) is 3.23. The Balaban J connectivity index is 1.61. The molecule has 6 nitrogen and oxygen atoms in total. The summed E-state index contributed by atoms with van der Waals surface area (Å²) in [5.74, 6) is -1.20. The van der Waals surface area contributed by atoms with E-state index >= 15 is 0 Å². The predicted molar refractivity (Wildman–Crippen MR) is 99.3 cm³/mol. The van der Waals surface area contributed by atoms with Gasteiger partial charge in [-0.1, -0.05) is 29.8 Å². The Morgan fingerprint density at radius 1 is 1.31 bits per heavy atom. The molecule has 0 aliphatic carbocycles. The fourth-order valence-corrected chi connectivity index (χ4v) is 3.79. The maximum atomic E-state index is 12.4. The van der Waals surface area contributed by atoms with Crippen molar-refractivity contribution in [2.75, 3.05) is 19.0 Å². The van der Waals surface area contributed by atoms with E-state index in [0.717, 1.165) is 16.9 Å². The van der Waals surface area contributed by atoms with Gasteiger partial charge in [0.25, 0.3) is 0 Å². The number of ether oxygens (including phenoxy) is 1. The highest BCUT2D eigenvalue weighted by Crippen LogP contribution is 2.27. The molecule has 1 fully saturated rings. The van der Waals surface area contributed by atoms with Crippen molar-refractivity contribution in [3.63, 3.8) is 0 Å². The summed E-state index contributed by atoms with van der Waals surface area (Å²) in [6.07, 6.45) is 0.158. The summed E-state index contributed by atoms with van der Waals surface area (Å²) in [6, 6.07) is 10.6. The van der Waals surface area contributed by atoms with Crippen molar-refractivity contribution >= 4 is 45.7 Å². The summed E-state index contributed by atoms with van der Waals surface area (Å²) in [5.41, 5.74) is 0.851. The van der Waals surface area contributed by atoms with Gasteiger partial charge in [-0.25, -0.2) is 4.79 Å². The number of hydrogen-bond acceptors (Lipinski definition) is 5.